The molecule has 5 heteroatoms. The van der Waals surface area contributed by atoms with Crippen molar-refractivity contribution in [3.05, 3.63) is 65.7 Å². The molecule has 144 valence electrons. The summed E-state index contributed by atoms with van der Waals surface area (Å²) in [7, 11) is 0. The molecular weight excluding hydrogens is 358 g/mol. The summed E-state index contributed by atoms with van der Waals surface area (Å²) in [4.78, 5) is 25.9. The first-order valence-corrected chi connectivity index (χ1v) is 9.86. The maximum Gasteiger partial charge on any atom is 0.408 e. The summed E-state index contributed by atoms with van der Waals surface area (Å²) < 4.78 is 5.32. The number of ether oxygens (including phenoxy) is 1. The molecule has 0 spiro atoms. The molecule has 1 N–H and O–H groups in total. The fourth-order valence-electron chi connectivity index (χ4n) is 2.45. The summed E-state index contributed by atoms with van der Waals surface area (Å²) in [6.07, 6.45) is 0.640. The predicted octanol–water partition coefficient (Wildman–Crippen LogP) is 5.14. The van der Waals surface area contributed by atoms with Crippen molar-refractivity contribution in [3.63, 3.8) is 0 Å². The van der Waals surface area contributed by atoms with Gasteiger partial charge in [-0.15, -0.1) is 0 Å². The highest BCUT2D eigenvalue weighted by Crippen LogP contribution is 2.22. The van der Waals surface area contributed by atoms with Gasteiger partial charge < -0.3 is 10.1 Å². The highest BCUT2D eigenvalue weighted by Gasteiger charge is 2.25. The summed E-state index contributed by atoms with van der Waals surface area (Å²) in [6.45, 7) is 7.40. The monoisotopic (exact) mass is 385 g/mol. The van der Waals surface area contributed by atoms with E-state index in [9.17, 15) is 9.59 Å². The molecule has 1 atom stereocenters. The Labute approximate surface area is 165 Å². The molecule has 2 aromatic carbocycles. The molecule has 4 nitrogen and oxygen atoms in total. The van der Waals surface area contributed by atoms with Crippen molar-refractivity contribution in [1.82, 2.24) is 5.32 Å². The van der Waals surface area contributed by atoms with Crippen LogP contribution in [0.4, 0.5) is 4.79 Å². The van der Waals surface area contributed by atoms with Crippen LogP contribution in [0.2, 0.25) is 0 Å². The molecule has 1 unspecified atom stereocenters. The molecule has 0 aromatic heterocycles. The van der Waals surface area contributed by atoms with Gasteiger partial charge in [0.2, 0.25) is 5.12 Å². The number of alkyl carbamates (subject to hydrolysis) is 1. The number of nitrogens with one attached hydrogen (secondary N) is 1. The van der Waals surface area contributed by atoms with Crippen molar-refractivity contribution in [1.29, 1.82) is 0 Å². The first-order chi connectivity index (χ1) is 12.7. The first-order valence-electron chi connectivity index (χ1n) is 9.05. The summed E-state index contributed by atoms with van der Waals surface area (Å²) in [5, 5.41) is 2.65. The summed E-state index contributed by atoms with van der Waals surface area (Å²) in [5.74, 6) is 0. The second kappa shape index (κ2) is 9.60. The molecule has 0 aliphatic heterocycles. The van der Waals surface area contributed by atoms with Gasteiger partial charge in [-0.2, -0.15) is 0 Å². The van der Waals surface area contributed by atoms with E-state index in [2.05, 4.69) is 5.32 Å². The number of thioether (sulfide) groups is 1. The van der Waals surface area contributed by atoms with Crippen LogP contribution in [0.5, 0.6) is 0 Å². The number of rotatable bonds is 6. The zero-order valence-electron chi connectivity index (χ0n) is 16.3. The van der Waals surface area contributed by atoms with E-state index in [1.807, 2.05) is 61.5 Å². The average molecular weight is 386 g/mol. The second-order valence-corrected chi connectivity index (χ2v) is 8.54. The van der Waals surface area contributed by atoms with Gasteiger partial charge in [0.25, 0.3) is 0 Å². The first kappa shape index (κ1) is 21.0. The van der Waals surface area contributed by atoms with E-state index in [4.69, 9.17) is 4.74 Å². The molecule has 0 saturated heterocycles. The topological polar surface area (TPSA) is 55.4 Å². The van der Waals surface area contributed by atoms with Crippen LogP contribution in [0.1, 0.15) is 38.3 Å². The average Bonchev–Trinajstić information content (AvgIpc) is 2.60. The Morgan fingerprint density at radius 1 is 1.04 bits per heavy atom. The van der Waals surface area contributed by atoms with Crippen LogP contribution in [0, 0.1) is 6.92 Å². The third-order valence-corrected chi connectivity index (χ3v) is 4.77. The highest BCUT2D eigenvalue weighted by molar-refractivity contribution is 8.13. The Bertz CT molecular complexity index is 751. The van der Waals surface area contributed by atoms with Crippen molar-refractivity contribution in [3.8, 4) is 0 Å². The van der Waals surface area contributed by atoms with Crippen LogP contribution >= 0.6 is 11.8 Å². The van der Waals surface area contributed by atoms with Crippen LogP contribution in [-0.4, -0.2) is 22.9 Å². The zero-order chi connectivity index (χ0) is 19.9. The number of carbonyl (C=O) groups is 2. The summed E-state index contributed by atoms with van der Waals surface area (Å²) in [6, 6.07) is 17.1. The van der Waals surface area contributed by atoms with E-state index in [-0.39, 0.29) is 5.12 Å². The molecule has 0 bridgehead atoms. The van der Waals surface area contributed by atoms with Gasteiger partial charge in [-0.25, -0.2) is 4.79 Å². The van der Waals surface area contributed by atoms with E-state index in [1.54, 1.807) is 20.8 Å². The number of hydrogen-bond donors (Lipinski definition) is 1. The smallest absolute Gasteiger partial charge is 0.408 e. The number of amides is 1. The number of hydrogen-bond acceptors (Lipinski definition) is 4. The number of aryl methyl sites for hydroxylation is 2. The third kappa shape index (κ3) is 7.87. The van der Waals surface area contributed by atoms with Gasteiger partial charge in [0, 0.05) is 4.90 Å². The Morgan fingerprint density at radius 3 is 2.26 bits per heavy atom. The zero-order valence-corrected chi connectivity index (χ0v) is 17.1. The molecular formula is C22H27NO3S. The van der Waals surface area contributed by atoms with Crippen molar-refractivity contribution in [2.24, 2.45) is 0 Å². The largest absolute Gasteiger partial charge is 0.444 e. The Morgan fingerprint density at radius 2 is 1.67 bits per heavy atom. The lowest BCUT2D eigenvalue weighted by atomic mass is 10.1. The van der Waals surface area contributed by atoms with E-state index < -0.39 is 17.7 Å². The summed E-state index contributed by atoms with van der Waals surface area (Å²) in [5.41, 5.74) is 1.65. The van der Waals surface area contributed by atoms with Gasteiger partial charge in [-0.05, 0) is 70.0 Å². The van der Waals surface area contributed by atoms with Crippen LogP contribution in [0.25, 0.3) is 0 Å². The highest BCUT2D eigenvalue weighted by atomic mass is 32.2. The van der Waals surface area contributed by atoms with E-state index in [1.165, 1.54) is 0 Å². The maximum absolute atomic E-state index is 12.8. The Hall–Kier alpha value is -2.27. The lowest BCUT2D eigenvalue weighted by molar-refractivity contribution is -0.113. The minimum Gasteiger partial charge on any atom is -0.444 e. The molecule has 0 fully saturated rings. The molecule has 27 heavy (non-hydrogen) atoms. The van der Waals surface area contributed by atoms with Gasteiger partial charge in [-0.3, -0.25) is 4.79 Å². The molecule has 2 rings (SSSR count). The van der Waals surface area contributed by atoms with E-state index >= 15 is 0 Å². The lowest BCUT2D eigenvalue weighted by Gasteiger charge is -2.23. The van der Waals surface area contributed by atoms with Gasteiger partial charge >= 0.3 is 6.09 Å². The molecule has 0 heterocycles. The van der Waals surface area contributed by atoms with Crippen molar-refractivity contribution in [2.75, 3.05) is 0 Å². The molecule has 0 saturated carbocycles. The van der Waals surface area contributed by atoms with Gasteiger partial charge in [-0.1, -0.05) is 48.0 Å². The quantitative estimate of drug-likeness (QED) is 0.700. The number of carbonyl (C=O) groups excluding carboxylic acids is 2. The van der Waals surface area contributed by atoms with Crippen LogP contribution in [0.15, 0.2) is 59.5 Å². The minimum atomic E-state index is -0.619. The van der Waals surface area contributed by atoms with Gasteiger partial charge in [0.1, 0.15) is 11.6 Å². The Kier molecular flexibility index (Phi) is 7.48. The fraction of sp³-hybridized carbons (Fsp3) is 0.364. The standard InChI is InChI=1S/C22H27NO3S/c1-16-10-13-18(14-11-16)27-20(24)19(23-21(25)26-22(2,3)4)15-12-17-8-6-5-7-9-17/h5-11,13-14,19H,12,15H2,1-4H3,(H,23,25). The van der Waals surface area contributed by atoms with Gasteiger partial charge in [0.15, 0.2) is 0 Å². The van der Waals surface area contributed by atoms with Crippen LogP contribution in [0.3, 0.4) is 0 Å². The molecule has 1 amide bonds. The molecule has 0 aliphatic rings. The van der Waals surface area contributed by atoms with Gasteiger partial charge in [0.05, 0.1) is 0 Å². The van der Waals surface area contributed by atoms with Crippen molar-refractivity contribution >= 4 is 23.0 Å². The van der Waals surface area contributed by atoms with Crippen LogP contribution < -0.4 is 5.32 Å². The lowest BCUT2D eigenvalue weighted by Crippen LogP contribution is -2.42. The third-order valence-electron chi connectivity index (χ3n) is 3.78. The predicted molar refractivity (Wildman–Crippen MR) is 110 cm³/mol. The maximum atomic E-state index is 12.8. The Balaban J connectivity index is 2.05. The fourth-order valence-corrected chi connectivity index (χ4v) is 3.27. The molecule has 2 aromatic rings. The number of benzene rings is 2. The van der Waals surface area contributed by atoms with E-state index in [0.29, 0.717) is 12.8 Å². The van der Waals surface area contributed by atoms with E-state index in [0.717, 1.165) is 27.8 Å². The molecule has 0 aliphatic carbocycles. The van der Waals surface area contributed by atoms with Crippen molar-refractivity contribution < 1.29 is 14.3 Å². The minimum absolute atomic E-state index is 0.0966. The summed E-state index contributed by atoms with van der Waals surface area (Å²) >= 11 is 1.15. The molecule has 0 radical (unpaired) electrons. The van der Waals surface area contributed by atoms with Crippen LogP contribution in [-0.2, 0) is 16.0 Å². The second-order valence-electron chi connectivity index (χ2n) is 7.46. The normalized spacial score (nSPS) is 12.3. The van der Waals surface area contributed by atoms with Crippen molar-refractivity contribution in [2.45, 2.75) is 57.1 Å². The SMILES string of the molecule is Cc1ccc(SC(=O)C(CCc2ccccc2)NC(=O)OC(C)(C)C)cc1.